The summed E-state index contributed by atoms with van der Waals surface area (Å²) in [5, 5.41) is 24.1. The number of para-hydroxylation sites is 1. The maximum atomic E-state index is 11.4. The summed E-state index contributed by atoms with van der Waals surface area (Å²) in [6, 6.07) is 4.70. The number of phenolic OH excluding ortho intramolecular Hbond substituents is 2. The van der Waals surface area contributed by atoms with Gasteiger partial charge in [-0.25, -0.2) is 0 Å². The minimum absolute atomic E-state index is 0.157. The van der Waals surface area contributed by atoms with E-state index in [1.165, 1.54) is 13.0 Å². The Balaban J connectivity index is 2.28. The van der Waals surface area contributed by atoms with Gasteiger partial charge in [-0.05, 0) is 18.1 Å². The molecule has 0 spiro atoms. The van der Waals surface area contributed by atoms with Gasteiger partial charge in [-0.2, -0.15) is 0 Å². The summed E-state index contributed by atoms with van der Waals surface area (Å²) < 4.78 is 0. The van der Waals surface area contributed by atoms with E-state index in [-0.39, 0.29) is 29.7 Å². The van der Waals surface area contributed by atoms with Gasteiger partial charge in [-0.3, -0.25) is 9.59 Å². The molecule has 6 heteroatoms. The lowest BCUT2D eigenvalue weighted by molar-refractivity contribution is -0.121. The third kappa shape index (κ3) is 5.29. The summed E-state index contributed by atoms with van der Waals surface area (Å²) in [7, 11) is 0. The van der Waals surface area contributed by atoms with Crippen LogP contribution < -0.4 is 10.6 Å². The molecule has 0 bridgehead atoms. The van der Waals surface area contributed by atoms with Gasteiger partial charge < -0.3 is 20.8 Å². The molecule has 0 saturated heterocycles. The highest BCUT2D eigenvalue weighted by Gasteiger charge is 2.06. The van der Waals surface area contributed by atoms with Gasteiger partial charge in [0, 0.05) is 26.4 Å². The van der Waals surface area contributed by atoms with E-state index in [1.807, 2.05) is 0 Å². The predicted octanol–water partition coefficient (Wildman–Crippen LogP) is 0.283. The lowest BCUT2D eigenvalue weighted by Crippen LogP contribution is -2.30. The zero-order valence-electron chi connectivity index (χ0n) is 10.8. The average Bonchev–Trinajstić information content (AvgIpc) is 2.34. The first-order chi connectivity index (χ1) is 9.00. The third-order valence-corrected chi connectivity index (χ3v) is 2.54. The summed E-state index contributed by atoms with van der Waals surface area (Å²) in [4.78, 5) is 22.0. The first-order valence-corrected chi connectivity index (χ1v) is 6.01. The number of carbonyl (C=O) groups excluding carboxylic acids is 2. The number of carbonyl (C=O) groups is 2. The molecule has 6 nitrogen and oxygen atoms in total. The van der Waals surface area contributed by atoms with Gasteiger partial charge >= 0.3 is 0 Å². The van der Waals surface area contributed by atoms with Crippen LogP contribution in [0.3, 0.4) is 0 Å². The highest BCUT2D eigenvalue weighted by atomic mass is 16.3. The van der Waals surface area contributed by atoms with E-state index in [9.17, 15) is 19.8 Å². The molecule has 0 radical (unpaired) electrons. The predicted molar refractivity (Wildman–Crippen MR) is 69.8 cm³/mol. The second kappa shape index (κ2) is 7.25. The Morgan fingerprint density at radius 3 is 2.58 bits per heavy atom. The van der Waals surface area contributed by atoms with Crippen LogP contribution in [0, 0.1) is 0 Å². The van der Waals surface area contributed by atoms with Gasteiger partial charge in [0.2, 0.25) is 11.8 Å². The smallest absolute Gasteiger partial charge is 0.221 e. The van der Waals surface area contributed by atoms with Crippen molar-refractivity contribution >= 4 is 11.8 Å². The Labute approximate surface area is 111 Å². The molecule has 0 fully saturated rings. The summed E-state index contributed by atoms with van der Waals surface area (Å²) >= 11 is 0. The number of hydrogen-bond acceptors (Lipinski definition) is 4. The quantitative estimate of drug-likeness (QED) is 0.556. The lowest BCUT2D eigenvalue weighted by atomic mass is 10.1. The normalized spacial score (nSPS) is 9.95. The molecule has 0 aliphatic rings. The number of aromatic hydroxyl groups is 2. The first-order valence-electron chi connectivity index (χ1n) is 6.01. The van der Waals surface area contributed by atoms with E-state index in [0.717, 1.165) is 0 Å². The Kier molecular flexibility index (Phi) is 5.66. The van der Waals surface area contributed by atoms with Crippen molar-refractivity contribution in [3.63, 3.8) is 0 Å². The molecule has 4 N–H and O–H groups in total. The number of benzene rings is 1. The highest BCUT2D eigenvalue weighted by molar-refractivity contribution is 5.77. The maximum Gasteiger partial charge on any atom is 0.221 e. The van der Waals surface area contributed by atoms with Crippen molar-refractivity contribution in [3.05, 3.63) is 23.8 Å². The lowest BCUT2D eigenvalue weighted by Gasteiger charge is -2.08. The number of rotatable bonds is 6. The number of nitrogens with one attached hydrogen (secondary N) is 2. The molecule has 0 aliphatic heterocycles. The van der Waals surface area contributed by atoms with Crippen molar-refractivity contribution in [2.45, 2.75) is 19.8 Å². The SMILES string of the molecule is CC(=O)NCCC(=O)NCCc1cccc(O)c1O. The standard InChI is InChI=1S/C13H18N2O4/c1-9(16)14-8-6-12(18)15-7-5-10-3-2-4-11(17)13(10)19/h2-4,17,19H,5-8H2,1H3,(H,14,16)(H,15,18). The third-order valence-electron chi connectivity index (χ3n) is 2.54. The van der Waals surface area contributed by atoms with Crippen molar-refractivity contribution in [3.8, 4) is 11.5 Å². The minimum Gasteiger partial charge on any atom is -0.504 e. The number of hydrogen-bond donors (Lipinski definition) is 4. The summed E-state index contributed by atoms with van der Waals surface area (Å²) in [5.74, 6) is -0.671. The van der Waals surface area contributed by atoms with Crippen LogP contribution in [0.25, 0.3) is 0 Å². The Bertz CT molecular complexity index is 460. The van der Waals surface area contributed by atoms with Crippen LogP contribution in [-0.4, -0.2) is 35.1 Å². The molecule has 0 unspecified atom stereocenters. The molecule has 0 aliphatic carbocycles. The Hall–Kier alpha value is -2.24. The van der Waals surface area contributed by atoms with Crippen LogP contribution in [0.1, 0.15) is 18.9 Å². The highest BCUT2D eigenvalue weighted by Crippen LogP contribution is 2.28. The topological polar surface area (TPSA) is 98.7 Å². The minimum atomic E-state index is -0.173. The second-order valence-electron chi connectivity index (χ2n) is 4.12. The zero-order chi connectivity index (χ0) is 14.3. The van der Waals surface area contributed by atoms with E-state index in [1.54, 1.807) is 12.1 Å². The largest absolute Gasteiger partial charge is 0.504 e. The van der Waals surface area contributed by atoms with Gasteiger partial charge in [0.25, 0.3) is 0 Å². The van der Waals surface area contributed by atoms with Gasteiger partial charge in [-0.15, -0.1) is 0 Å². The molecule has 0 saturated carbocycles. The van der Waals surface area contributed by atoms with Gasteiger partial charge in [0.15, 0.2) is 11.5 Å². The van der Waals surface area contributed by atoms with E-state index < -0.39 is 0 Å². The fraction of sp³-hybridized carbons (Fsp3) is 0.385. The van der Waals surface area contributed by atoms with Crippen molar-refractivity contribution in [2.24, 2.45) is 0 Å². The van der Waals surface area contributed by atoms with Crippen LogP contribution in [-0.2, 0) is 16.0 Å². The fourth-order valence-corrected chi connectivity index (χ4v) is 1.56. The van der Waals surface area contributed by atoms with Gasteiger partial charge in [-0.1, -0.05) is 12.1 Å². The first kappa shape index (κ1) is 14.8. The zero-order valence-corrected chi connectivity index (χ0v) is 10.8. The summed E-state index contributed by atoms with van der Waals surface area (Å²) in [5.41, 5.74) is 0.571. The number of amides is 2. The van der Waals surface area contributed by atoms with Crippen molar-refractivity contribution in [1.29, 1.82) is 0 Å². The molecular weight excluding hydrogens is 248 g/mol. The monoisotopic (exact) mass is 266 g/mol. The van der Waals surface area contributed by atoms with Crippen molar-refractivity contribution < 1.29 is 19.8 Å². The summed E-state index contributed by atoms with van der Waals surface area (Å²) in [6.07, 6.45) is 0.637. The van der Waals surface area contributed by atoms with Crippen LogP contribution >= 0.6 is 0 Å². The Morgan fingerprint density at radius 1 is 1.16 bits per heavy atom. The van der Waals surface area contributed by atoms with Crippen LogP contribution in [0.4, 0.5) is 0 Å². The van der Waals surface area contributed by atoms with Crippen LogP contribution in [0.5, 0.6) is 11.5 Å². The average molecular weight is 266 g/mol. The van der Waals surface area contributed by atoms with Crippen molar-refractivity contribution in [2.75, 3.05) is 13.1 Å². The van der Waals surface area contributed by atoms with Crippen LogP contribution in [0.2, 0.25) is 0 Å². The molecule has 1 aromatic rings. The van der Waals surface area contributed by atoms with Crippen LogP contribution in [0.15, 0.2) is 18.2 Å². The number of phenols is 2. The van der Waals surface area contributed by atoms with E-state index in [4.69, 9.17) is 0 Å². The maximum absolute atomic E-state index is 11.4. The fourth-order valence-electron chi connectivity index (χ4n) is 1.56. The molecular formula is C13H18N2O4. The van der Waals surface area contributed by atoms with E-state index in [0.29, 0.717) is 25.1 Å². The second-order valence-corrected chi connectivity index (χ2v) is 4.12. The molecule has 104 valence electrons. The van der Waals surface area contributed by atoms with E-state index in [2.05, 4.69) is 10.6 Å². The molecule has 0 heterocycles. The molecule has 2 amide bonds. The summed E-state index contributed by atoms with van der Waals surface area (Å²) in [6.45, 7) is 2.05. The van der Waals surface area contributed by atoms with Gasteiger partial charge in [0.05, 0.1) is 0 Å². The van der Waals surface area contributed by atoms with E-state index >= 15 is 0 Å². The molecule has 1 rings (SSSR count). The van der Waals surface area contributed by atoms with Gasteiger partial charge in [0.1, 0.15) is 0 Å². The molecule has 0 atom stereocenters. The molecule has 19 heavy (non-hydrogen) atoms. The van der Waals surface area contributed by atoms with Crippen molar-refractivity contribution in [1.82, 2.24) is 10.6 Å². The molecule has 0 aromatic heterocycles. The Morgan fingerprint density at radius 2 is 1.89 bits per heavy atom. The molecule has 1 aromatic carbocycles.